The Kier molecular flexibility index (Phi) is 8.15. The Morgan fingerprint density at radius 1 is 1.38 bits per heavy atom. The van der Waals surface area contributed by atoms with Crippen LogP contribution in [0.15, 0.2) is 30.3 Å². The third kappa shape index (κ3) is 5.73. The number of benzene rings is 1. The van der Waals surface area contributed by atoms with Crippen molar-refractivity contribution in [2.24, 2.45) is 11.7 Å². The quantitative estimate of drug-likeness (QED) is 0.779. The van der Waals surface area contributed by atoms with E-state index in [2.05, 4.69) is 5.32 Å². The lowest BCUT2D eigenvalue weighted by Crippen LogP contribution is -2.48. The second kappa shape index (κ2) is 9.36. The first-order valence-corrected chi connectivity index (χ1v) is 9.55. The zero-order valence-electron chi connectivity index (χ0n) is 13.8. The fraction of sp³-hybridized carbons (Fsp3) is 0.562. The third-order valence-electron chi connectivity index (χ3n) is 4.08. The van der Waals surface area contributed by atoms with Gasteiger partial charge < -0.3 is 11.1 Å². The van der Waals surface area contributed by atoms with Gasteiger partial charge >= 0.3 is 0 Å². The maximum absolute atomic E-state index is 12.6. The summed E-state index contributed by atoms with van der Waals surface area (Å²) in [6, 6.07) is 9.01. The highest BCUT2D eigenvalue weighted by Crippen LogP contribution is 2.21. The molecule has 1 unspecified atom stereocenters. The third-order valence-corrected chi connectivity index (χ3v) is 5.90. The molecule has 1 aromatic rings. The van der Waals surface area contributed by atoms with Crippen LogP contribution in [0, 0.1) is 5.92 Å². The Morgan fingerprint density at radius 2 is 2.04 bits per heavy atom. The minimum Gasteiger partial charge on any atom is -0.352 e. The number of piperidine rings is 1. The van der Waals surface area contributed by atoms with Gasteiger partial charge in [-0.15, -0.1) is 12.4 Å². The van der Waals surface area contributed by atoms with Crippen LogP contribution < -0.4 is 11.1 Å². The number of hydrogen-bond acceptors (Lipinski definition) is 4. The van der Waals surface area contributed by atoms with Crippen LogP contribution in [0.1, 0.15) is 25.3 Å². The van der Waals surface area contributed by atoms with Gasteiger partial charge in [-0.3, -0.25) is 4.79 Å². The van der Waals surface area contributed by atoms with Crippen molar-refractivity contribution in [1.82, 2.24) is 9.62 Å². The fourth-order valence-electron chi connectivity index (χ4n) is 2.70. The molecule has 3 N–H and O–H groups in total. The number of halogens is 1. The molecule has 0 saturated carbocycles. The predicted octanol–water partition coefficient (Wildman–Crippen LogP) is 1.11. The monoisotopic (exact) mass is 375 g/mol. The molecule has 0 radical (unpaired) electrons. The zero-order chi connectivity index (χ0) is 16.9. The second-order valence-electron chi connectivity index (χ2n) is 6.08. The van der Waals surface area contributed by atoms with Crippen molar-refractivity contribution in [2.75, 3.05) is 19.6 Å². The lowest BCUT2D eigenvalue weighted by Gasteiger charge is -2.31. The first-order chi connectivity index (χ1) is 10.9. The minimum absolute atomic E-state index is 0. The number of nitrogens with two attached hydrogens (primary N) is 1. The molecule has 1 fully saturated rings. The summed E-state index contributed by atoms with van der Waals surface area (Å²) in [6.45, 7) is 2.93. The van der Waals surface area contributed by atoms with E-state index in [1.54, 1.807) is 12.1 Å². The van der Waals surface area contributed by atoms with Gasteiger partial charge in [0.1, 0.15) is 0 Å². The van der Waals surface area contributed by atoms with Gasteiger partial charge in [-0.25, -0.2) is 12.7 Å². The molecule has 24 heavy (non-hydrogen) atoms. The molecule has 0 aromatic heterocycles. The van der Waals surface area contributed by atoms with Crippen LogP contribution in [0.4, 0.5) is 0 Å². The van der Waals surface area contributed by atoms with E-state index in [1.807, 2.05) is 25.1 Å². The van der Waals surface area contributed by atoms with E-state index in [-0.39, 0.29) is 42.6 Å². The average Bonchev–Trinajstić information content (AvgIpc) is 2.55. The summed E-state index contributed by atoms with van der Waals surface area (Å²) >= 11 is 0. The van der Waals surface area contributed by atoms with Crippen molar-refractivity contribution in [3.8, 4) is 0 Å². The van der Waals surface area contributed by atoms with Crippen molar-refractivity contribution in [1.29, 1.82) is 0 Å². The van der Waals surface area contributed by atoms with Crippen molar-refractivity contribution in [3.05, 3.63) is 35.9 Å². The van der Waals surface area contributed by atoms with Gasteiger partial charge in [-0.1, -0.05) is 30.3 Å². The van der Waals surface area contributed by atoms with Crippen LogP contribution >= 0.6 is 12.4 Å². The molecule has 1 saturated heterocycles. The molecule has 2 rings (SSSR count). The highest BCUT2D eigenvalue weighted by atomic mass is 35.5. The Bertz CT molecular complexity index is 625. The normalized spacial score (nSPS) is 20.0. The van der Waals surface area contributed by atoms with E-state index in [4.69, 9.17) is 5.73 Å². The number of hydrogen-bond donors (Lipinski definition) is 2. The topological polar surface area (TPSA) is 92.5 Å². The molecule has 0 bridgehead atoms. The van der Waals surface area contributed by atoms with Crippen LogP contribution in [0.5, 0.6) is 0 Å². The van der Waals surface area contributed by atoms with Crippen molar-refractivity contribution >= 4 is 28.3 Å². The molecule has 0 spiro atoms. The Morgan fingerprint density at radius 3 is 2.67 bits per heavy atom. The van der Waals surface area contributed by atoms with E-state index in [0.717, 1.165) is 5.56 Å². The van der Waals surface area contributed by atoms with E-state index in [1.165, 1.54) is 4.31 Å². The van der Waals surface area contributed by atoms with E-state index in [0.29, 0.717) is 25.9 Å². The molecule has 136 valence electrons. The first kappa shape index (κ1) is 20.9. The van der Waals surface area contributed by atoms with Crippen molar-refractivity contribution < 1.29 is 13.2 Å². The number of sulfonamides is 1. The second-order valence-corrected chi connectivity index (χ2v) is 8.05. The molecule has 1 heterocycles. The van der Waals surface area contributed by atoms with Gasteiger partial charge in [-0.05, 0) is 25.3 Å². The lowest BCUT2D eigenvalue weighted by atomic mass is 9.98. The first-order valence-electron chi connectivity index (χ1n) is 7.94. The molecule has 0 aliphatic carbocycles. The summed E-state index contributed by atoms with van der Waals surface area (Å²) in [7, 11) is -3.41. The summed E-state index contributed by atoms with van der Waals surface area (Å²) in [6.07, 6.45) is 1.41. The van der Waals surface area contributed by atoms with E-state index >= 15 is 0 Å². The lowest BCUT2D eigenvalue weighted by molar-refractivity contribution is -0.126. The standard InChI is InChI=1S/C16H25N3O3S.ClH/c1-13(10-17)18-16(20)15-8-5-9-19(11-15)23(21,22)12-14-6-3-2-4-7-14;/h2-4,6-7,13,15H,5,8-12,17H2,1H3,(H,18,20);1H/t13-,15?;/m0./s1. The van der Waals surface area contributed by atoms with Crippen molar-refractivity contribution in [3.63, 3.8) is 0 Å². The molecule has 1 aliphatic heterocycles. The maximum atomic E-state index is 12.6. The molecular weight excluding hydrogens is 350 g/mol. The van der Waals surface area contributed by atoms with Gasteiger partial charge in [-0.2, -0.15) is 0 Å². The summed E-state index contributed by atoms with van der Waals surface area (Å²) in [4.78, 5) is 12.2. The van der Waals surface area contributed by atoms with Gasteiger partial charge in [0.15, 0.2) is 0 Å². The average molecular weight is 376 g/mol. The molecular formula is C16H26ClN3O3S. The number of nitrogens with one attached hydrogen (secondary N) is 1. The number of carbonyl (C=O) groups is 1. The number of nitrogens with zero attached hydrogens (tertiary/aromatic N) is 1. The van der Waals surface area contributed by atoms with Gasteiger partial charge in [0.25, 0.3) is 0 Å². The molecule has 2 atom stereocenters. The van der Waals surface area contributed by atoms with Gasteiger partial charge in [0, 0.05) is 25.7 Å². The van der Waals surface area contributed by atoms with Gasteiger partial charge in [0.2, 0.25) is 15.9 Å². The summed E-state index contributed by atoms with van der Waals surface area (Å²) < 4.78 is 26.6. The molecule has 1 aliphatic rings. The highest BCUT2D eigenvalue weighted by Gasteiger charge is 2.32. The molecule has 1 aromatic carbocycles. The number of rotatable bonds is 6. The number of carbonyl (C=O) groups excluding carboxylic acids is 1. The maximum Gasteiger partial charge on any atom is 0.224 e. The largest absolute Gasteiger partial charge is 0.352 e. The molecule has 8 heteroatoms. The van der Waals surface area contributed by atoms with Crippen molar-refractivity contribution in [2.45, 2.75) is 31.6 Å². The summed E-state index contributed by atoms with van der Waals surface area (Å²) in [5.74, 6) is -0.438. The zero-order valence-corrected chi connectivity index (χ0v) is 15.5. The Hall–Kier alpha value is -1.15. The van der Waals surface area contributed by atoms with E-state index in [9.17, 15) is 13.2 Å². The molecule has 6 nitrogen and oxygen atoms in total. The smallest absolute Gasteiger partial charge is 0.224 e. The predicted molar refractivity (Wildman–Crippen MR) is 97.3 cm³/mol. The SMILES string of the molecule is C[C@@H](CN)NC(=O)C1CCCN(S(=O)(=O)Cc2ccccc2)C1.Cl. The van der Waals surface area contributed by atoms with Crippen LogP contribution in [0.3, 0.4) is 0 Å². The Balaban J connectivity index is 0.00000288. The van der Waals surface area contributed by atoms with Crippen LogP contribution in [-0.4, -0.2) is 44.3 Å². The Labute approximate surface area is 150 Å². The van der Waals surface area contributed by atoms with Crippen LogP contribution in [-0.2, 0) is 20.6 Å². The number of amides is 1. The fourth-order valence-corrected chi connectivity index (χ4v) is 4.32. The highest BCUT2D eigenvalue weighted by molar-refractivity contribution is 7.88. The van der Waals surface area contributed by atoms with E-state index < -0.39 is 10.0 Å². The van der Waals surface area contributed by atoms with Crippen LogP contribution in [0.2, 0.25) is 0 Å². The van der Waals surface area contributed by atoms with Gasteiger partial charge in [0.05, 0.1) is 11.7 Å². The minimum atomic E-state index is -3.41. The summed E-state index contributed by atoms with van der Waals surface area (Å²) in [5.41, 5.74) is 6.27. The van der Waals surface area contributed by atoms with Crippen LogP contribution in [0.25, 0.3) is 0 Å². The summed E-state index contributed by atoms with van der Waals surface area (Å²) in [5, 5.41) is 2.84. The molecule has 1 amide bonds.